The van der Waals surface area contributed by atoms with Crippen LogP contribution in [0.2, 0.25) is 0 Å². The van der Waals surface area contributed by atoms with Gasteiger partial charge in [0.15, 0.2) is 0 Å². The Balaban J connectivity index is 3.44. The summed E-state index contributed by atoms with van der Waals surface area (Å²) in [5, 5.41) is 0. The molecular weight excluding hydrogens is 160 g/mol. The number of halogens is 1. The molecular formula is C5H5ClO4. The Hall–Kier alpha value is -1.03. The standard InChI is InChI=1S/C5H5ClO4/c1-2-4(7)9-10-5(8)3-6/h2H,1,3H2. The van der Waals surface area contributed by atoms with Gasteiger partial charge in [0.25, 0.3) is 0 Å². The predicted molar refractivity (Wildman–Crippen MR) is 33.1 cm³/mol. The summed E-state index contributed by atoms with van der Waals surface area (Å²) >= 11 is 4.99. The van der Waals surface area contributed by atoms with Crippen LogP contribution in [-0.4, -0.2) is 17.8 Å². The molecule has 0 unspecified atom stereocenters. The van der Waals surface area contributed by atoms with E-state index >= 15 is 0 Å². The summed E-state index contributed by atoms with van der Waals surface area (Å²) in [7, 11) is 0. The van der Waals surface area contributed by atoms with E-state index in [1.54, 1.807) is 0 Å². The van der Waals surface area contributed by atoms with E-state index in [4.69, 9.17) is 11.6 Å². The Morgan fingerprint density at radius 3 is 2.50 bits per heavy atom. The van der Waals surface area contributed by atoms with Crippen LogP contribution in [0, 0.1) is 0 Å². The fraction of sp³-hybridized carbons (Fsp3) is 0.200. The van der Waals surface area contributed by atoms with Gasteiger partial charge in [-0.25, -0.2) is 19.4 Å². The van der Waals surface area contributed by atoms with E-state index in [2.05, 4.69) is 16.4 Å². The first-order chi connectivity index (χ1) is 4.70. The molecule has 10 heavy (non-hydrogen) atoms. The largest absolute Gasteiger partial charge is 0.378 e. The predicted octanol–water partition coefficient (Wildman–Crippen LogP) is 0.413. The van der Waals surface area contributed by atoms with E-state index in [1.165, 1.54) is 0 Å². The van der Waals surface area contributed by atoms with Gasteiger partial charge in [-0.05, 0) is 0 Å². The van der Waals surface area contributed by atoms with Gasteiger partial charge in [0.1, 0.15) is 5.88 Å². The molecule has 0 bridgehead atoms. The van der Waals surface area contributed by atoms with Crippen LogP contribution in [0.4, 0.5) is 0 Å². The van der Waals surface area contributed by atoms with Gasteiger partial charge in [-0.2, -0.15) is 0 Å². The van der Waals surface area contributed by atoms with Crippen molar-refractivity contribution in [3.8, 4) is 0 Å². The lowest BCUT2D eigenvalue weighted by Crippen LogP contribution is -2.09. The summed E-state index contributed by atoms with van der Waals surface area (Å²) in [6, 6.07) is 0. The average molecular weight is 165 g/mol. The fourth-order valence-electron chi connectivity index (χ4n) is 0.144. The molecule has 0 saturated heterocycles. The van der Waals surface area contributed by atoms with Crippen molar-refractivity contribution in [2.75, 3.05) is 5.88 Å². The van der Waals surface area contributed by atoms with Gasteiger partial charge in [0.2, 0.25) is 0 Å². The van der Waals surface area contributed by atoms with E-state index in [1.807, 2.05) is 0 Å². The molecule has 0 N–H and O–H groups in total. The van der Waals surface area contributed by atoms with Crippen molar-refractivity contribution in [2.45, 2.75) is 0 Å². The van der Waals surface area contributed by atoms with Gasteiger partial charge >= 0.3 is 11.9 Å². The lowest BCUT2D eigenvalue weighted by Gasteiger charge is -1.95. The molecule has 0 aliphatic heterocycles. The second-order valence-electron chi connectivity index (χ2n) is 1.20. The van der Waals surface area contributed by atoms with Crippen molar-refractivity contribution in [1.29, 1.82) is 0 Å². The summed E-state index contributed by atoms with van der Waals surface area (Å²) < 4.78 is 0. The lowest BCUT2D eigenvalue weighted by molar-refractivity contribution is -0.252. The zero-order chi connectivity index (χ0) is 7.98. The van der Waals surface area contributed by atoms with E-state index in [-0.39, 0.29) is 5.88 Å². The fourth-order valence-corrected chi connectivity index (χ4v) is 0.188. The highest BCUT2D eigenvalue weighted by molar-refractivity contribution is 6.26. The average Bonchev–Trinajstić information content (AvgIpc) is 1.99. The zero-order valence-corrected chi connectivity index (χ0v) is 5.76. The third kappa shape index (κ3) is 3.91. The highest BCUT2D eigenvalue weighted by Gasteiger charge is 2.03. The minimum absolute atomic E-state index is 0.357. The van der Waals surface area contributed by atoms with Crippen LogP contribution in [-0.2, 0) is 19.4 Å². The van der Waals surface area contributed by atoms with Crippen LogP contribution in [0.1, 0.15) is 0 Å². The SMILES string of the molecule is C=CC(=O)OOC(=O)CCl. The molecule has 0 fully saturated rings. The maximum absolute atomic E-state index is 10.2. The Morgan fingerprint density at radius 2 is 2.10 bits per heavy atom. The van der Waals surface area contributed by atoms with E-state index in [0.717, 1.165) is 6.08 Å². The van der Waals surface area contributed by atoms with Crippen molar-refractivity contribution in [3.05, 3.63) is 12.7 Å². The van der Waals surface area contributed by atoms with Crippen LogP contribution in [0.3, 0.4) is 0 Å². The topological polar surface area (TPSA) is 52.6 Å². The van der Waals surface area contributed by atoms with Gasteiger partial charge in [-0.1, -0.05) is 6.58 Å². The van der Waals surface area contributed by atoms with Crippen molar-refractivity contribution < 1.29 is 19.4 Å². The van der Waals surface area contributed by atoms with Gasteiger partial charge in [0.05, 0.1) is 0 Å². The van der Waals surface area contributed by atoms with Crippen LogP contribution in [0.25, 0.3) is 0 Å². The van der Waals surface area contributed by atoms with Crippen LogP contribution in [0.15, 0.2) is 12.7 Å². The summed E-state index contributed by atoms with van der Waals surface area (Å²) in [5.74, 6) is -2.01. The molecule has 0 radical (unpaired) electrons. The minimum Gasteiger partial charge on any atom is -0.246 e. The monoisotopic (exact) mass is 164 g/mol. The Labute approximate surface area is 62.3 Å². The molecule has 0 heterocycles. The van der Waals surface area contributed by atoms with Gasteiger partial charge in [-0.15, -0.1) is 11.6 Å². The number of alkyl halides is 1. The molecule has 0 aliphatic rings. The Morgan fingerprint density at radius 1 is 1.50 bits per heavy atom. The minimum atomic E-state index is -0.835. The summed E-state index contributed by atoms with van der Waals surface area (Å²) in [4.78, 5) is 28.0. The third-order valence-corrected chi connectivity index (χ3v) is 0.711. The number of hydrogen-bond donors (Lipinski definition) is 0. The molecule has 0 saturated carbocycles. The van der Waals surface area contributed by atoms with Crippen LogP contribution >= 0.6 is 11.6 Å². The van der Waals surface area contributed by atoms with E-state index in [9.17, 15) is 9.59 Å². The summed E-state index contributed by atoms with van der Waals surface area (Å²) in [5.41, 5.74) is 0. The molecule has 5 heteroatoms. The molecule has 0 aliphatic carbocycles. The molecule has 56 valence electrons. The Bertz CT molecular complexity index is 154. The van der Waals surface area contributed by atoms with E-state index in [0.29, 0.717) is 0 Å². The number of carbonyl (C=O) groups excluding carboxylic acids is 2. The number of hydrogen-bond acceptors (Lipinski definition) is 4. The maximum Gasteiger partial charge on any atom is 0.378 e. The third-order valence-electron chi connectivity index (χ3n) is 0.493. The molecule has 4 nitrogen and oxygen atoms in total. The summed E-state index contributed by atoms with van der Waals surface area (Å²) in [6.07, 6.45) is 0.863. The molecule has 0 aromatic heterocycles. The second kappa shape index (κ2) is 4.81. The van der Waals surface area contributed by atoms with Gasteiger partial charge in [0, 0.05) is 6.08 Å². The van der Waals surface area contributed by atoms with E-state index < -0.39 is 11.9 Å². The quantitative estimate of drug-likeness (QED) is 0.257. The molecule has 0 aromatic carbocycles. The number of carbonyl (C=O) groups is 2. The summed E-state index contributed by atoms with van der Waals surface area (Å²) in [6.45, 7) is 3.07. The highest BCUT2D eigenvalue weighted by atomic mass is 35.5. The van der Waals surface area contributed by atoms with Gasteiger partial charge < -0.3 is 0 Å². The first kappa shape index (κ1) is 8.97. The van der Waals surface area contributed by atoms with Crippen molar-refractivity contribution in [1.82, 2.24) is 0 Å². The lowest BCUT2D eigenvalue weighted by atomic mass is 10.7. The first-order valence-corrected chi connectivity index (χ1v) is 2.84. The zero-order valence-electron chi connectivity index (χ0n) is 5.00. The van der Waals surface area contributed by atoms with Crippen molar-refractivity contribution >= 4 is 23.5 Å². The van der Waals surface area contributed by atoms with Gasteiger partial charge in [-0.3, -0.25) is 0 Å². The second-order valence-corrected chi connectivity index (χ2v) is 1.46. The molecule has 0 aromatic rings. The Kier molecular flexibility index (Phi) is 4.32. The van der Waals surface area contributed by atoms with Crippen molar-refractivity contribution in [3.63, 3.8) is 0 Å². The molecule has 0 amide bonds. The van der Waals surface area contributed by atoms with Crippen LogP contribution in [0.5, 0.6) is 0 Å². The molecule has 0 atom stereocenters. The smallest absolute Gasteiger partial charge is 0.246 e. The number of rotatable bonds is 2. The normalized spacial score (nSPS) is 8.10. The van der Waals surface area contributed by atoms with Crippen LogP contribution < -0.4 is 0 Å². The first-order valence-electron chi connectivity index (χ1n) is 2.30. The van der Waals surface area contributed by atoms with Crippen molar-refractivity contribution in [2.24, 2.45) is 0 Å². The maximum atomic E-state index is 10.2. The molecule has 0 spiro atoms. The highest BCUT2D eigenvalue weighted by Crippen LogP contribution is 1.85. The molecule has 0 rings (SSSR count).